The van der Waals surface area contributed by atoms with Crippen LogP contribution in [0.2, 0.25) is 0 Å². The molecule has 17 heavy (non-hydrogen) atoms. The topological polar surface area (TPSA) is 12.0 Å². The highest BCUT2D eigenvalue weighted by Gasteiger charge is 2.39. The monoisotopic (exact) mass is 245 g/mol. The summed E-state index contributed by atoms with van der Waals surface area (Å²) >= 11 is 0. The highest BCUT2D eigenvalue weighted by atomic mass is 19.3. The first kappa shape index (κ1) is 13.3. The lowest BCUT2D eigenvalue weighted by molar-refractivity contribution is 0.00498. The van der Waals surface area contributed by atoms with Gasteiger partial charge in [0.2, 0.25) is 5.92 Å². The molecule has 2 fully saturated rings. The number of rotatable bonds is 4. The Labute approximate surface area is 103 Å². The van der Waals surface area contributed by atoms with Crippen molar-refractivity contribution in [1.82, 2.24) is 5.32 Å². The van der Waals surface area contributed by atoms with Crippen LogP contribution in [-0.4, -0.2) is 19.0 Å². The lowest BCUT2D eigenvalue weighted by atomic mass is 9.75. The van der Waals surface area contributed by atoms with Crippen molar-refractivity contribution in [3.63, 3.8) is 0 Å². The molecule has 100 valence electrons. The zero-order chi connectivity index (χ0) is 12.4. The summed E-state index contributed by atoms with van der Waals surface area (Å²) in [7, 11) is 0. The molecule has 1 unspecified atom stereocenters. The molecule has 0 aromatic heterocycles. The molecule has 0 bridgehead atoms. The van der Waals surface area contributed by atoms with E-state index in [0.717, 1.165) is 13.1 Å². The van der Waals surface area contributed by atoms with E-state index in [1.54, 1.807) is 0 Å². The fourth-order valence-corrected chi connectivity index (χ4v) is 3.38. The van der Waals surface area contributed by atoms with Gasteiger partial charge in [-0.15, -0.1) is 0 Å². The summed E-state index contributed by atoms with van der Waals surface area (Å²) < 4.78 is 26.0. The third kappa shape index (κ3) is 3.90. The van der Waals surface area contributed by atoms with Crippen LogP contribution in [0.4, 0.5) is 8.78 Å². The maximum absolute atomic E-state index is 13.0. The molecule has 0 aromatic rings. The Morgan fingerprint density at radius 2 is 1.82 bits per heavy atom. The minimum absolute atomic E-state index is 0.0939. The molecular formula is C14H25F2N. The summed E-state index contributed by atoms with van der Waals surface area (Å²) in [6.45, 7) is 4.13. The van der Waals surface area contributed by atoms with Crippen LogP contribution in [0.15, 0.2) is 0 Å². The van der Waals surface area contributed by atoms with E-state index in [-0.39, 0.29) is 18.8 Å². The molecule has 0 saturated heterocycles. The minimum Gasteiger partial charge on any atom is -0.316 e. The second-order valence-electron chi connectivity index (χ2n) is 6.47. The summed E-state index contributed by atoms with van der Waals surface area (Å²) in [4.78, 5) is 0. The number of alkyl halides is 2. The molecule has 2 aliphatic rings. The van der Waals surface area contributed by atoms with Crippen LogP contribution in [0.25, 0.3) is 0 Å². The van der Waals surface area contributed by atoms with Gasteiger partial charge in [0.25, 0.3) is 0 Å². The van der Waals surface area contributed by atoms with Gasteiger partial charge in [-0.25, -0.2) is 8.78 Å². The first-order chi connectivity index (χ1) is 7.99. The van der Waals surface area contributed by atoms with E-state index in [2.05, 4.69) is 12.2 Å². The number of hydrogen-bond donors (Lipinski definition) is 1. The average molecular weight is 245 g/mol. The summed E-state index contributed by atoms with van der Waals surface area (Å²) in [5.41, 5.74) is 0.416. The Morgan fingerprint density at radius 3 is 2.41 bits per heavy atom. The van der Waals surface area contributed by atoms with E-state index in [0.29, 0.717) is 11.8 Å². The molecule has 0 radical (unpaired) electrons. The van der Waals surface area contributed by atoms with Crippen LogP contribution in [-0.2, 0) is 0 Å². The van der Waals surface area contributed by atoms with E-state index in [9.17, 15) is 8.78 Å². The number of hydrogen-bond acceptors (Lipinski definition) is 1. The third-order valence-corrected chi connectivity index (χ3v) is 4.55. The fourth-order valence-electron chi connectivity index (χ4n) is 3.38. The quantitative estimate of drug-likeness (QED) is 0.790. The molecule has 2 saturated carbocycles. The van der Waals surface area contributed by atoms with Gasteiger partial charge >= 0.3 is 0 Å². The van der Waals surface area contributed by atoms with Gasteiger partial charge in [-0.1, -0.05) is 26.2 Å². The van der Waals surface area contributed by atoms with Crippen molar-refractivity contribution in [2.24, 2.45) is 11.3 Å². The molecule has 0 amide bonds. The Hall–Kier alpha value is -0.180. The zero-order valence-corrected chi connectivity index (χ0v) is 10.9. The second-order valence-corrected chi connectivity index (χ2v) is 6.47. The van der Waals surface area contributed by atoms with Crippen molar-refractivity contribution >= 4 is 0 Å². The Balaban J connectivity index is 1.66. The Morgan fingerprint density at radius 1 is 1.12 bits per heavy atom. The van der Waals surface area contributed by atoms with Gasteiger partial charge < -0.3 is 5.32 Å². The SMILES string of the molecule is CC1(CNCC2CCC(F)(F)C2)CCCCC1. The number of halogens is 2. The molecule has 1 N–H and O–H groups in total. The van der Waals surface area contributed by atoms with Crippen molar-refractivity contribution < 1.29 is 8.78 Å². The highest BCUT2D eigenvalue weighted by Crippen LogP contribution is 2.39. The van der Waals surface area contributed by atoms with Crippen LogP contribution in [0.1, 0.15) is 58.3 Å². The average Bonchev–Trinajstić information content (AvgIpc) is 2.59. The largest absolute Gasteiger partial charge is 0.316 e. The van der Waals surface area contributed by atoms with E-state index in [4.69, 9.17) is 0 Å². The van der Waals surface area contributed by atoms with Crippen LogP contribution in [0.3, 0.4) is 0 Å². The third-order valence-electron chi connectivity index (χ3n) is 4.55. The van der Waals surface area contributed by atoms with Crippen LogP contribution in [0, 0.1) is 11.3 Å². The summed E-state index contributed by atoms with van der Waals surface area (Å²) in [5, 5.41) is 3.44. The lowest BCUT2D eigenvalue weighted by Crippen LogP contribution is -2.35. The Kier molecular flexibility index (Phi) is 4.06. The molecule has 0 aliphatic heterocycles. The van der Waals surface area contributed by atoms with E-state index in [1.807, 2.05) is 0 Å². The van der Waals surface area contributed by atoms with E-state index < -0.39 is 5.92 Å². The van der Waals surface area contributed by atoms with Crippen molar-refractivity contribution in [1.29, 1.82) is 0 Å². The van der Waals surface area contributed by atoms with E-state index >= 15 is 0 Å². The van der Waals surface area contributed by atoms with Gasteiger partial charge in [0.15, 0.2) is 0 Å². The minimum atomic E-state index is -2.39. The first-order valence-electron chi connectivity index (χ1n) is 7.08. The van der Waals surface area contributed by atoms with Crippen molar-refractivity contribution in [2.45, 2.75) is 64.2 Å². The summed E-state index contributed by atoms with van der Waals surface area (Å²) in [6, 6.07) is 0. The number of nitrogens with one attached hydrogen (secondary N) is 1. The molecule has 2 aliphatic carbocycles. The lowest BCUT2D eigenvalue weighted by Gasteiger charge is -2.34. The highest BCUT2D eigenvalue weighted by molar-refractivity contribution is 4.85. The van der Waals surface area contributed by atoms with Crippen molar-refractivity contribution in [2.75, 3.05) is 13.1 Å². The van der Waals surface area contributed by atoms with Gasteiger partial charge in [-0.05, 0) is 37.1 Å². The van der Waals surface area contributed by atoms with Crippen LogP contribution >= 0.6 is 0 Å². The zero-order valence-electron chi connectivity index (χ0n) is 10.9. The maximum Gasteiger partial charge on any atom is 0.248 e. The van der Waals surface area contributed by atoms with Gasteiger partial charge in [0.05, 0.1) is 0 Å². The molecular weight excluding hydrogens is 220 g/mol. The van der Waals surface area contributed by atoms with Crippen molar-refractivity contribution in [3.8, 4) is 0 Å². The molecule has 0 aromatic carbocycles. The summed E-state index contributed by atoms with van der Waals surface area (Å²) in [5.74, 6) is -2.20. The van der Waals surface area contributed by atoms with Crippen LogP contribution < -0.4 is 5.32 Å². The summed E-state index contributed by atoms with van der Waals surface area (Å²) in [6.07, 6.45) is 7.50. The van der Waals surface area contributed by atoms with Gasteiger partial charge in [0.1, 0.15) is 0 Å². The van der Waals surface area contributed by atoms with Crippen LogP contribution in [0.5, 0.6) is 0 Å². The molecule has 0 spiro atoms. The molecule has 3 heteroatoms. The fraction of sp³-hybridized carbons (Fsp3) is 1.00. The normalized spacial score (nSPS) is 31.6. The van der Waals surface area contributed by atoms with E-state index in [1.165, 1.54) is 32.1 Å². The maximum atomic E-state index is 13.0. The molecule has 0 heterocycles. The van der Waals surface area contributed by atoms with Gasteiger partial charge in [-0.2, -0.15) is 0 Å². The second kappa shape index (κ2) is 5.21. The van der Waals surface area contributed by atoms with Gasteiger partial charge in [-0.3, -0.25) is 0 Å². The predicted molar refractivity (Wildman–Crippen MR) is 66.3 cm³/mol. The molecule has 2 rings (SSSR count). The first-order valence-corrected chi connectivity index (χ1v) is 7.08. The van der Waals surface area contributed by atoms with Crippen molar-refractivity contribution in [3.05, 3.63) is 0 Å². The molecule has 1 atom stereocenters. The predicted octanol–water partition coefficient (Wildman–Crippen LogP) is 3.98. The Bertz CT molecular complexity index is 247. The van der Waals surface area contributed by atoms with Gasteiger partial charge in [0, 0.05) is 19.4 Å². The standard InChI is InChI=1S/C14H25F2N/c1-13(6-3-2-4-7-13)11-17-10-12-5-8-14(15,16)9-12/h12,17H,2-11H2,1H3. The molecule has 1 nitrogen and oxygen atoms in total. The smallest absolute Gasteiger partial charge is 0.248 e.